The zero-order chi connectivity index (χ0) is 17.9. The van der Waals surface area contributed by atoms with Gasteiger partial charge in [-0.25, -0.2) is 4.79 Å². The molecule has 0 unspecified atom stereocenters. The summed E-state index contributed by atoms with van der Waals surface area (Å²) in [6.07, 6.45) is -0.700. The Hall–Kier alpha value is -2.11. The lowest BCUT2D eigenvalue weighted by Gasteiger charge is -2.25. The first-order chi connectivity index (χ1) is 11.2. The van der Waals surface area contributed by atoms with Crippen LogP contribution in [0, 0.1) is 5.92 Å². The lowest BCUT2D eigenvalue weighted by Crippen LogP contribution is -2.46. The molecular weight excluding hydrogens is 311 g/mol. The number of hydrogen-bond acceptors (Lipinski definition) is 3. The normalized spacial score (nSPS) is 22.4. The molecule has 0 aromatic heterocycles. The monoisotopic (exact) mass is 336 g/mol. The van der Waals surface area contributed by atoms with E-state index < -0.39 is 30.3 Å². The largest absolute Gasteiger partial charge is 0.444 e. The lowest BCUT2D eigenvalue weighted by atomic mass is 10.1. The summed E-state index contributed by atoms with van der Waals surface area (Å²) in [5.74, 6) is -0.851. The van der Waals surface area contributed by atoms with Gasteiger partial charge >= 0.3 is 6.09 Å². The summed E-state index contributed by atoms with van der Waals surface area (Å²) < 4.78 is 18.6. The summed E-state index contributed by atoms with van der Waals surface area (Å²) in [6.45, 7) is 6.70. The van der Waals surface area contributed by atoms with Crippen molar-refractivity contribution in [1.82, 2.24) is 10.2 Å². The Labute approximate surface area is 142 Å². The van der Waals surface area contributed by atoms with Crippen LogP contribution in [0.25, 0.3) is 0 Å². The van der Waals surface area contributed by atoms with Crippen LogP contribution in [0.2, 0.25) is 0 Å². The second kappa shape index (κ2) is 7.20. The van der Waals surface area contributed by atoms with Crippen molar-refractivity contribution in [3.8, 4) is 0 Å². The number of hydrogen-bond donors (Lipinski definition) is 1. The molecule has 0 bridgehead atoms. The molecule has 1 N–H and O–H groups in total. The van der Waals surface area contributed by atoms with Crippen molar-refractivity contribution in [3.63, 3.8) is 0 Å². The number of alkyl carbamates (subject to hydrolysis) is 1. The van der Waals surface area contributed by atoms with Crippen molar-refractivity contribution in [2.45, 2.75) is 45.4 Å². The second-order valence-electron chi connectivity index (χ2n) is 7.12. The SMILES string of the molecule is C[C@H](c1ccccc1)N1C[C@H](CF)[C@H](NC(=O)OC(C)(C)C)C1=O. The third-order valence-corrected chi connectivity index (χ3v) is 4.07. The van der Waals surface area contributed by atoms with E-state index in [1.165, 1.54) is 0 Å². The average molecular weight is 336 g/mol. The van der Waals surface area contributed by atoms with Crippen molar-refractivity contribution in [2.24, 2.45) is 5.92 Å². The van der Waals surface area contributed by atoms with Gasteiger partial charge in [0.15, 0.2) is 0 Å². The first-order valence-electron chi connectivity index (χ1n) is 8.14. The summed E-state index contributed by atoms with van der Waals surface area (Å²) in [5.41, 5.74) is 0.301. The van der Waals surface area contributed by atoms with Crippen LogP contribution in [0.15, 0.2) is 30.3 Å². The Bertz CT molecular complexity index is 586. The molecule has 1 heterocycles. The summed E-state index contributed by atoms with van der Waals surface area (Å²) in [4.78, 5) is 26.2. The van der Waals surface area contributed by atoms with Gasteiger partial charge in [-0.15, -0.1) is 0 Å². The van der Waals surface area contributed by atoms with E-state index in [1.54, 1.807) is 25.7 Å². The second-order valence-corrected chi connectivity index (χ2v) is 7.12. The molecule has 3 atom stereocenters. The predicted molar refractivity (Wildman–Crippen MR) is 89.2 cm³/mol. The van der Waals surface area contributed by atoms with Gasteiger partial charge in [0.1, 0.15) is 11.6 Å². The molecule has 1 aliphatic rings. The number of rotatable bonds is 4. The van der Waals surface area contributed by atoms with Crippen molar-refractivity contribution in [1.29, 1.82) is 0 Å². The zero-order valence-corrected chi connectivity index (χ0v) is 14.6. The van der Waals surface area contributed by atoms with Crippen LogP contribution in [0.5, 0.6) is 0 Å². The van der Waals surface area contributed by atoms with Crippen LogP contribution in [-0.4, -0.2) is 41.8 Å². The number of likely N-dealkylation sites (tertiary alicyclic amines) is 1. The summed E-state index contributed by atoms with van der Waals surface area (Å²) in [5, 5.41) is 2.53. The number of amides is 2. The highest BCUT2D eigenvalue weighted by atomic mass is 19.1. The maximum atomic E-state index is 13.4. The van der Waals surface area contributed by atoms with Gasteiger partial charge in [0, 0.05) is 12.5 Å². The van der Waals surface area contributed by atoms with E-state index in [4.69, 9.17) is 4.74 Å². The van der Waals surface area contributed by atoms with Crippen molar-refractivity contribution >= 4 is 12.0 Å². The highest BCUT2D eigenvalue weighted by Crippen LogP contribution is 2.29. The molecule has 1 aliphatic heterocycles. The van der Waals surface area contributed by atoms with Crippen molar-refractivity contribution in [2.75, 3.05) is 13.2 Å². The molecule has 6 heteroatoms. The third-order valence-electron chi connectivity index (χ3n) is 4.07. The minimum atomic E-state index is -0.893. The molecule has 0 saturated carbocycles. The fourth-order valence-electron chi connectivity index (χ4n) is 2.84. The first-order valence-corrected chi connectivity index (χ1v) is 8.14. The molecule has 24 heavy (non-hydrogen) atoms. The van der Waals surface area contributed by atoms with E-state index in [9.17, 15) is 14.0 Å². The van der Waals surface area contributed by atoms with Crippen LogP contribution in [0.3, 0.4) is 0 Å². The van der Waals surface area contributed by atoms with Crippen LogP contribution >= 0.6 is 0 Å². The fourth-order valence-corrected chi connectivity index (χ4v) is 2.84. The molecule has 0 radical (unpaired) electrons. The summed E-state index contributed by atoms with van der Waals surface area (Å²) in [7, 11) is 0. The molecule has 2 rings (SSSR count). The van der Waals surface area contributed by atoms with Crippen molar-refractivity contribution in [3.05, 3.63) is 35.9 Å². The minimum absolute atomic E-state index is 0.182. The summed E-state index contributed by atoms with van der Waals surface area (Å²) >= 11 is 0. The van der Waals surface area contributed by atoms with Gasteiger partial charge in [-0.3, -0.25) is 9.18 Å². The quantitative estimate of drug-likeness (QED) is 0.919. The Morgan fingerprint density at radius 1 is 1.38 bits per heavy atom. The number of nitrogens with zero attached hydrogens (tertiary/aromatic N) is 1. The standard InChI is InChI=1S/C18H25FN2O3/c1-12(13-8-6-5-7-9-13)21-11-14(10-19)15(16(21)22)20-17(23)24-18(2,3)4/h5-9,12,14-15H,10-11H2,1-4H3,(H,20,23)/t12-,14+,15+/m1/s1. The van der Waals surface area contributed by atoms with Crippen LogP contribution < -0.4 is 5.32 Å². The van der Waals surface area contributed by atoms with Gasteiger partial charge in [-0.05, 0) is 33.3 Å². The number of carbonyl (C=O) groups is 2. The maximum absolute atomic E-state index is 13.4. The van der Waals surface area contributed by atoms with E-state index >= 15 is 0 Å². The minimum Gasteiger partial charge on any atom is -0.444 e. The van der Waals surface area contributed by atoms with E-state index in [1.807, 2.05) is 37.3 Å². The van der Waals surface area contributed by atoms with Gasteiger partial charge in [0.25, 0.3) is 0 Å². The molecule has 2 amide bonds. The highest BCUT2D eigenvalue weighted by Gasteiger charge is 2.43. The maximum Gasteiger partial charge on any atom is 0.408 e. The first kappa shape index (κ1) is 18.2. The van der Waals surface area contributed by atoms with E-state index in [2.05, 4.69) is 5.32 Å². The van der Waals surface area contributed by atoms with Gasteiger partial charge in [0.2, 0.25) is 5.91 Å². The van der Waals surface area contributed by atoms with Gasteiger partial charge < -0.3 is 15.0 Å². The molecule has 0 aliphatic carbocycles. The molecule has 1 aromatic rings. The number of benzene rings is 1. The molecule has 1 saturated heterocycles. The lowest BCUT2D eigenvalue weighted by molar-refractivity contribution is -0.131. The summed E-state index contributed by atoms with van der Waals surface area (Å²) in [6, 6.07) is 8.48. The fraction of sp³-hybridized carbons (Fsp3) is 0.556. The predicted octanol–water partition coefficient (Wildman–Crippen LogP) is 3.07. The molecule has 132 valence electrons. The zero-order valence-electron chi connectivity index (χ0n) is 14.6. The Morgan fingerprint density at radius 2 is 2.00 bits per heavy atom. The average Bonchev–Trinajstić information content (AvgIpc) is 2.82. The Morgan fingerprint density at radius 3 is 2.54 bits per heavy atom. The number of alkyl halides is 1. The van der Waals surface area contributed by atoms with E-state index in [0.717, 1.165) is 5.56 Å². The van der Waals surface area contributed by atoms with Crippen LogP contribution in [-0.2, 0) is 9.53 Å². The molecule has 1 aromatic carbocycles. The van der Waals surface area contributed by atoms with Crippen molar-refractivity contribution < 1.29 is 18.7 Å². The third kappa shape index (κ3) is 4.24. The highest BCUT2D eigenvalue weighted by molar-refractivity contribution is 5.88. The topological polar surface area (TPSA) is 58.6 Å². The number of carbonyl (C=O) groups excluding carboxylic acids is 2. The van der Waals surface area contributed by atoms with E-state index in [-0.39, 0.29) is 18.5 Å². The number of ether oxygens (including phenoxy) is 1. The van der Waals surface area contributed by atoms with Gasteiger partial charge in [0.05, 0.1) is 12.7 Å². The van der Waals surface area contributed by atoms with Crippen LogP contribution in [0.4, 0.5) is 9.18 Å². The van der Waals surface area contributed by atoms with Crippen LogP contribution in [0.1, 0.15) is 39.3 Å². The molecular formula is C18H25FN2O3. The Kier molecular flexibility index (Phi) is 5.47. The number of nitrogens with one attached hydrogen (secondary N) is 1. The number of halogens is 1. The van der Waals surface area contributed by atoms with E-state index in [0.29, 0.717) is 0 Å². The van der Waals surface area contributed by atoms with Gasteiger partial charge in [-0.2, -0.15) is 0 Å². The molecule has 0 spiro atoms. The molecule has 1 fully saturated rings. The van der Waals surface area contributed by atoms with Gasteiger partial charge in [-0.1, -0.05) is 30.3 Å². The molecule has 5 nitrogen and oxygen atoms in total. The smallest absolute Gasteiger partial charge is 0.408 e. The Balaban J connectivity index is 2.10.